The van der Waals surface area contributed by atoms with Gasteiger partial charge in [0.1, 0.15) is 0 Å². The SMILES string of the molecule is CCCNC(C)(CO)CC(C)N1CCOC2CCCCC21. The Labute approximate surface area is 130 Å². The predicted molar refractivity (Wildman–Crippen MR) is 86.6 cm³/mol. The van der Waals surface area contributed by atoms with E-state index in [0.29, 0.717) is 18.2 Å². The Morgan fingerprint density at radius 1 is 1.38 bits per heavy atom. The fraction of sp³-hybridized carbons (Fsp3) is 1.00. The van der Waals surface area contributed by atoms with Crippen molar-refractivity contribution in [1.82, 2.24) is 10.2 Å². The van der Waals surface area contributed by atoms with E-state index in [1.165, 1.54) is 25.7 Å². The lowest BCUT2D eigenvalue weighted by Crippen LogP contribution is -2.58. The highest BCUT2D eigenvalue weighted by Crippen LogP contribution is 2.31. The summed E-state index contributed by atoms with van der Waals surface area (Å²) in [5.74, 6) is 0. The average molecular weight is 298 g/mol. The molecule has 0 amide bonds. The third-order valence-electron chi connectivity index (χ3n) is 5.24. The van der Waals surface area contributed by atoms with Gasteiger partial charge in [0, 0.05) is 24.2 Å². The molecule has 0 aromatic carbocycles. The number of aliphatic hydroxyl groups excluding tert-OH is 1. The number of nitrogens with zero attached hydrogens (tertiary/aromatic N) is 1. The van der Waals surface area contributed by atoms with E-state index < -0.39 is 0 Å². The van der Waals surface area contributed by atoms with E-state index in [2.05, 4.69) is 31.0 Å². The number of rotatable bonds is 7. The highest BCUT2D eigenvalue weighted by Gasteiger charge is 2.38. The van der Waals surface area contributed by atoms with Crippen molar-refractivity contribution >= 4 is 0 Å². The van der Waals surface area contributed by atoms with Gasteiger partial charge >= 0.3 is 0 Å². The molecule has 0 radical (unpaired) electrons. The molecule has 2 N–H and O–H groups in total. The number of nitrogens with one attached hydrogen (secondary N) is 1. The lowest BCUT2D eigenvalue weighted by atomic mass is 9.87. The smallest absolute Gasteiger partial charge is 0.0731 e. The minimum Gasteiger partial charge on any atom is -0.394 e. The Morgan fingerprint density at radius 3 is 2.86 bits per heavy atom. The Balaban J connectivity index is 1.95. The van der Waals surface area contributed by atoms with Crippen molar-refractivity contribution in [3.63, 3.8) is 0 Å². The van der Waals surface area contributed by atoms with Crippen molar-refractivity contribution in [3.8, 4) is 0 Å². The maximum atomic E-state index is 9.79. The zero-order valence-corrected chi connectivity index (χ0v) is 14.1. The molecule has 1 heterocycles. The number of aliphatic hydroxyl groups is 1. The minimum atomic E-state index is -0.169. The van der Waals surface area contributed by atoms with Crippen LogP contribution in [-0.4, -0.2) is 60.0 Å². The highest BCUT2D eigenvalue weighted by atomic mass is 16.5. The third-order valence-corrected chi connectivity index (χ3v) is 5.24. The molecule has 0 aromatic rings. The Kier molecular flexibility index (Phi) is 6.48. The molecule has 2 fully saturated rings. The summed E-state index contributed by atoms with van der Waals surface area (Å²) >= 11 is 0. The Hall–Kier alpha value is -0.160. The Morgan fingerprint density at radius 2 is 2.14 bits per heavy atom. The lowest BCUT2D eigenvalue weighted by molar-refractivity contribution is -0.104. The first-order valence-electron chi connectivity index (χ1n) is 8.83. The topological polar surface area (TPSA) is 44.7 Å². The van der Waals surface area contributed by atoms with Gasteiger partial charge in [0.05, 0.1) is 19.3 Å². The first-order chi connectivity index (χ1) is 10.1. The summed E-state index contributed by atoms with van der Waals surface area (Å²) in [6, 6.07) is 1.08. The van der Waals surface area contributed by atoms with Gasteiger partial charge in [-0.05, 0) is 46.1 Å². The van der Waals surface area contributed by atoms with Crippen molar-refractivity contribution in [2.45, 2.75) is 83.0 Å². The average Bonchev–Trinajstić information content (AvgIpc) is 2.52. The third kappa shape index (κ3) is 4.41. The van der Waals surface area contributed by atoms with Gasteiger partial charge in [-0.1, -0.05) is 19.8 Å². The molecule has 2 rings (SSSR count). The molecule has 1 aliphatic heterocycles. The first kappa shape index (κ1) is 17.2. The molecule has 1 saturated heterocycles. The van der Waals surface area contributed by atoms with E-state index in [1.54, 1.807) is 0 Å². The quantitative estimate of drug-likeness (QED) is 0.756. The highest BCUT2D eigenvalue weighted by molar-refractivity contribution is 4.93. The van der Waals surface area contributed by atoms with Crippen molar-refractivity contribution in [2.75, 3.05) is 26.3 Å². The summed E-state index contributed by atoms with van der Waals surface area (Å²) in [6.45, 7) is 9.72. The largest absolute Gasteiger partial charge is 0.394 e. The van der Waals surface area contributed by atoms with Crippen molar-refractivity contribution in [2.24, 2.45) is 0 Å². The van der Waals surface area contributed by atoms with Crippen LogP contribution < -0.4 is 5.32 Å². The summed E-state index contributed by atoms with van der Waals surface area (Å²) in [5, 5.41) is 13.3. The summed E-state index contributed by atoms with van der Waals surface area (Å²) in [4.78, 5) is 2.65. The van der Waals surface area contributed by atoms with Crippen LogP contribution in [0.2, 0.25) is 0 Å². The maximum absolute atomic E-state index is 9.79. The van der Waals surface area contributed by atoms with Gasteiger partial charge in [-0.2, -0.15) is 0 Å². The van der Waals surface area contributed by atoms with Gasteiger partial charge in [-0.3, -0.25) is 4.90 Å². The van der Waals surface area contributed by atoms with Crippen LogP contribution in [0, 0.1) is 0 Å². The molecule has 1 aliphatic carbocycles. The first-order valence-corrected chi connectivity index (χ1v) is 8.83. The molecule has 0 spiro atoms. The van der Waals surface area contributed by atoms with E-state index in [9.17, 15) is 5.11 Å². The number of hydrogen-bond donors (Lipinski definition) is 2. The second-order valence-corrected chi connectivity index (χ2v) is 7.20. The van der Waals surface area contributed by atoms with Crippen LogP contribution in [0.25, 0.3) is 0 Å². The molecule has 4 heteroatoms. The maximum Gasteiger partial charge on any atom is 0.0731 e. The van der Waals surface area contributed by atoms with E-state index in [0.717, 1.165) is 32.5 Å². The van der Waals surface area contributed by atoms with E-state index in [1.807, 2.05) is 0 Å². The number of fused-ring (bicyclic) bond motifs is 1. The fourth-order valence-electron chi connectivity index (χ4n) is 4.06. The molecule has 0 aromatic heterocycles. The molecule has 1 saturated carbocycles. The number of hydrogen-bond acceptors (Lipinski definition) is 4. The van der Waals surface area contributed by atoms with Crippen LogP contribution in [0.4, 0.5) is 0 Å². The van der Waals surface area contributed by atoms with Crippen molar-refractivity contribution in [1.29, 1.82) is 0 Å². The number of ether oxygens (including phenoxy) is 1. The van der Waals surface area contributed by atoms with Gasteiger partial charge in [-0.25, -0.2) is 0 Å². The zero-order valence-electron chi connectivity index (χ0n) is 14.1. The molecule has 4 nitrogen and oxygen atoms in total. The van der Waals surface area contributed by atoms with Gasteiger partial charge in [-0.15, -0.1) is 0 Å². The van der Waals surface area contributed by atoms with Gasteiger partial charge in [0.15, 0.2) is 0 Å². The second-order valence-electron chi connectivity index (χ2n) is 7.20. The molecule has 124 valence electrons. The monoisotopic (exact) mass is 298 g/mol. The van der Waals surface area contributed by atoms with Gasteiger partial charge in [0.2, 0.25) is 0 Å². The number of morpholine rings is 1. The summed E-state index contributed by atoms with van der Waals surface area (Å²) < 4.78 is 5.98. The predicted octanol–water partition coefficient (Wildman–Crippen LogP) is 2.16. The lowest BCUT2D eigenvalue weighted by Gasteiger charge is -2.48. The van der Waals surface area contributed by atoms with Crippen LogP contribution in [-0.2, 0) is 4.74 Å². The van der Waals surface area contributed by atoms with Gasteiger partial charge < -0.3 is 15.2 Å². The molecule has 4 atom stereocenters. The Bertz CT molecular complexity index is 311. The normalized spacial score (nSPS) is 31.4. The van der Waals surface area contributed by atoms with Gasteiger partial charge in [0.25, 0.3) is 0 Å². The van der Waals surface area contributed by atoms with E-state index in [-0.39, 0.29) is 12.1 Å². The van der Waals surface area contributed by atoms with E-state index >= 15 is 0 Å². The van der Waals surface area contributed by atoms with Crippen LogP contribution in [0.1, 0.15) is 59.3 Å². The minimum absolute atomic E-state index is 0.169. The van der Waals surface area contributed by atoms with E-state index in [4.69, 9.17) is 4.74 Å². The summed E-state index contributed by atoms with van der Waals surface area (Å²) in [6.07, 6.45) is 7.68. The molecule has 2 aliphatic rings. The standard InChI is InChI=1S/C17H34N2O2/c1-4-9-18-17(3,13-20)12-14(2)19-10-11-21-16-8-6-5-7-15(16)19/h14-16,18,20H,4-13H2,1-3H3. The second kappa shape index (κ2) is 7.91. The molecule has 4 unspecified atom stereocenters. The van der Waals surface area contributed by atoms with Crippen LogP contribution >= 0.6 is 0 Å². The fourth-order valence-corrected chi connectivity index (χ4v) is 4.06. The molecule has 0 bridgehead atoms. The summed E-state index contributed by atoms with van der Waals surface area (Å²) in [5.41, 5.74) is -0.169. The van der Waals surface area contributed by atoms with Crippen molar-refractivity contribution in [3.05, 3.63) is 0 Å². The summed E-state index contributed by atoms with van der Waals surface area (Å²) in [7, 11) is 0. The molecular weight excluding hydrogens is 264 g/mol. The van der Waals surface area contributed by atoms with Crippen LogP contribution in [0.3, 0.4) is 0 Å². The van der Waals surface area contributed by atoms with Crippen LogP contribution in [0.15, 0.2) is 0 Å². The zero-order chi connectivity index (χ0) is 15.3. The van der Waals surface area contributed by atoms with Crippen molar-refractivity contribution < 1.29 is 9.84 Å². The van der Waals surface area contributed by atoms with Crippen LogP contribution in [0.5, 0.6) is 0 Å². The molecule has 21 heavy (non-hydrogen) atoms. The molecular formula is C17H34N2O2.